The predicted molar refractivity (Wildman–Crippen MR) is 107 cm³/mol. The molecule has 0 saturated carbocycles. The van der Waals surface area contributed by atoms with Crippen LogP contribution in [-0.2, 0) is 19.6 Å². The molecule has 0 aliphatic carbocycles. The number of carbonyl (C=O) groups excluding carboxylic acids is 1. The van der Waals surface area contributed by atoms with Crippen molar-refractivity contribution in [1.82, 2.24) is 0 Å². The molecule has 0 saturated heterocycles. The number of esters is 1. The van der Waals surface area contributed by atoms with E-state index in [1.807, 2.05) is 19.9 Å². The number of hydrogen-bond acceptors (Lipinski definition) is 5. The fourth-order valence-corrected chi connectivity index (χ4v) is 2.96. The Kier molecular flexibility index (Phi) is 8.46. The molecule has 0 bridgehead atoms. The van der Waals surface area contributed by atoms with Crippen LogP contribution in [0.1, 0.15) is 89.1 Å². The van der Waals surface area contributed by atoms with Crippen LogP contribution in [-0.4, -0.2) is 36.5 Å². The SMILES string of the molecule is CCCC(C)(C)OC(O)c1ccc(C(C)(C)C)cc1C(=O)OC(C)COC. The van der Waals surface area contributed by atoms with Crippen molar-refractivity contribution in [3.63, 3.8) is 0 Å². The Morgan fingerprint density at radius 2 is 1.81 bits per heavy atom. The number of aliphatic hydroxyl groups excluding tert-OH is 1. The molecule has 0 heterocycles. The van der Waals surface area contributed by atoms with Gasteiger partial charge in [-0.15, -0.1) is 0 Å². The first-order valence-corrected chi connectivity index (χ1v) is 9.61. The van der Waals surface area contributed by atoms with E-state index in [0.29, 0.717) is 17.7 Å². The van der Waals surface area contributed by atoms with E-state index in [1.54, 1.807) is 26.2 Å². The van der Waals surface area contributed by atoms with Gasteiger partial charge in [0.15, 0.2) is 6.29 Å². The summed E-state index contributed by atoms with van der Waals surface area (Å²) in [6.07, 6.45) is 0.144. The second kappa shape index (κ2) is 9.67. The minimum absolute atomic E-state index is 0.140. The van der Waals surface area contributed by atoms with Crippen molar-refractivity contribution in [3.05, 3.63) is 34.9 Å². The van der Waals surface area contributed by atoms with Gasteiger partial charge in [-0.25, -0.2) is 4.79 Å². The lowest BCUT2D eigenvalue weighted by Crippen LogP contribution is -2.28. The fraction of sp³-hybridized carbons (Fsp3) is 0.682. The molecule has 2 unspecified atom stereocenters. The van der Waals surface area contributed by atoms with Gasteiger partial charge in [0.25, 0.3) is 0 Å². The third kappa shape index (κ3) is 7.24. The van der Waals surface area contributed by atoms with Crippen molar-refractivity contribution >= 4 is 5.97 Å². The zero-order valence-electron chi connectivity index (χ0n) is 18.1. The Balaban J connectivity index is 3.24. The highest BCUT2D eigenvalue weighted by atomic mass is 16.6. The molecule has 2 atom stereocenters. The highest BCUT2D eigenvalue weighted by Gasteiger charge is 2.28. The molecule has 1 aromatic rings. The molecule has 1 N–H and O–H groups in total. The van der Waals surface area contributed by atoms with E-state index in [0.717, 1.165) is 18.4 Å². The van der Waals surface area contributed by atoms with Gasteiger partial charge in [0.1, 0.15) is 6.10 Å². The van der Waals surface area contributed by atoms with Crippen LogP contribution in [0, 0.1) is 0 Å². The van der Waals surface area contributed by atoms with Crippen LogP contribution in [0.3, 0.4) is 0 Å². The summed E-state index contributed by atoms with van der Waals surface area (Å²) in [6.45, 7) is 14.2. The molecular weight excluding hydrogens is 344 g/mol. The highest BCUT2D eigenvalue weighted by molar-refractivity contribution is 5.91. The Morgan fingerprint density at radius 1 is 1.19 bits per heavy atom. The summed E-state index contributed by atoms with van der Waals surface area (Å²) in [5.74, 6) is -0.489. The molecule has 0 spiro atoms. The maximum atomic E-state index is 12.8. The molecule has 0 fully saturated rings. The third-order valence-electron chi connectivity index (χ3n) is 4.40. The van der Waals surface area contributed by atoms with Crippen molar-refractivity contribution in [2.24, 2.45) is 0 Å². The van der Waals surface area contributed by atoms with Crippen LogP contribution < -0.4 is 0 Å². The van der Waals surface area contributed by atoms with E-state index in [-0.39, 0.29) is 11.5 Å². The average molecular weight is 381 g/mol. The first-order valence-electron chi connectivity index (χ1n) is 9.61. The monoisotopic (exact) mass is 380 g/mol. The lowest BCUT2D eigenvalue weighted by Gasteiger charge is -2.29. The van der Waals surface area contributed by atoms with Gasteiger partial charge in [0.05, 0.1) is 17.8 Å². The molecule has 1 aromatic carbocycles. The largest absolute Gasteiger partial charge is 0.457 e. The number of rotatable bonds is 9. The van der Waals surface area contributed by atoms with Crippen LogP contribution in [0.15, 0.2) is 18.2 Å². The Hall–Kier alpha value is -1.43. The second-order valence-electron chi connectivity index (χ2n) is 8.70. The van der Waals surface area contributed by atoms with E-state index in [2.05, 4.69) is 27.7 Å². The Labute approximate surface area is 164 Å². The van der Waals surface area contributed by atoms with Crippen LogP contribution in [0.25, 0.3) is 0 Å². The lowest BCUT2D eigenvalue weighted by molar-refractivity contribution is -0.179. The zero-order valence-corrected chi connectivity index (χ0v) is 18.1. The van der Waals surface area contributed by atoms with E-state index in [1.165, 1.54) is 0 Å². The minimum Gasteiger partial charge on any atom is -0.457 e. The number of benzene rings is 1. The summed E-state index contributed by atoms with van der Waals surface area (Å²) in [6, 6.07) is 5.46. The summed E-state index contributed by atoms with van der Waals surface area (Å²) < 4.78 is 16.4. The highest BCUT2D eigenvalue weighted by Crippen LogP contribution is 2.31. The summed E-state index contributed by atoms with van der Waals surface area (Å²) in [4.78, 5) is 12.8. The van der Waals surface area contributed by atoms with Crippen molar-refractivity contribution in [2.45, 2.75) is 84.7 Å². The molecule has 5 nitrogen and oxygen atoms in total. The maximum Gasteiger partial charge on any atom is 0.338 e. The van der Waals surface area contributed by atoms with Crippen molar-refractivity contribution < 1.29 is 24.1 Å². The van der Waals surface area contributed by atoms with Gasteiger partial charge in [-0.05, 0) is 44.2 Å². The Morgan fingerprint density at radius 3 is 2.33 bits per heavy atom. The van der Waals surface area contributed by atoms with E-state index >= 15 is 0 Å². The van der Waals surface area contributed by atoms with Gasteiger partial charge in [-0.3, -0.25) is 0 Å². The predicted octanol–water partition coefficient (Wildman–Crippen LogP) is 4.76. The summed E-state index contributed by atoms with van der Waals surface area (Å²) >= 11 is 0. The van der Waals surface area contributed by atoms with Gasteiger partial charge < -0.3 is 19.3 Å². The number of carbonyl (C=O) groups is 1. The molecule has 0 aromatic heterocycles. The standard InChI is InChI=1S/C22H36O5/c1-9-12-22(6,7)27-20(24)17-11-10-16(21(3,4)5)13-18(17)19(23)26-15(2)14-25-8/h10-11,13,15,20,24H,9,12,14H2,1-8H3. The molecule has 0 aliphatic heterocycles. The average Bonchev–Trinajstić information content (AvgIpc) is 2.52. The number of hydrogen-bond donors (Lipinski definition) is 1. The summed E-state index contributed by atoms with van der Waals surface area (Å²) in [5, 5.41) is 10.7. The summed E-state index contributed by atoms with van der Waals surface area (Å²) in [7, 11) is 1.56. The van der Waals surface area contributed by atoms with Gasteiger partial charge in [-0.1, -0.05) is 46.2 Å². The van der Waals surface area contributed by atoms with Gasteiger partial charge in [0, 0.05) is 12.7 Å². The molecule has 5 heteroatoms. The van der Waals surface area contributed by atoms with Crippen LogP contribution >= 0.6 is 0 Å². The lowest BCUT2D eigenvalue weighted by atomic mass is 9.85. The Bertz CT molecular complexity index is 616. The number of aliphatic hydroxyl groups is 1. The van der Waals surface area contributed by atoms with Crippen LogP contribution in [0.5, 0.6) is 0 Å². The van der Waals surface area contributed by atoms with Crippen molar-refractivity contribution in [1.29, 1.82) is 0 Å². The van der Waals surface area contributed by atoms with Crippen LogP contribution in [0.2, 0.25) is 0 Å². The smallest absolute Gasteiger partial charge is 0.338 e. The first kappa shape index (κ1) is 23.6. The maximum absolute atomic E-state index is 12.8. The molecule has 0 amide bonds. The normalized spacial score (nSPS) is 14.7. The van der Waals surface area contributed by atoms with Crippen LogP contribution in [0.4, 0.5) is 0 Å². The number of ether oxygens (including phenoxy) is 3. The molecule has 0 radical (unpaired) electrons. The second-order valence-corrected chi connectivity index (χ2v) is 8.70. The summed E-state index contributed by atoms with van der Waals surface area (Å²) in [5.41, 5.74) is 1.09. The topological polar surface area (TPSA) is 65.0 Å². The third-order valence-corrected chi connectivity index (χ3v) is 4.40. The van der Waals surface area contributed by atoms with Crippen molar-refractivity contribution in [3.8, 4) is 0 Å². The molecular formula is C22H36O5. The first-order chi connectivity index (χ1) is 12.4. The van der Waals surface area contributed by atoms with E-state index in [9.17, 15) is 9.90 Å². The number of methoxy groups -OCH3 is 1. The fourth-order valence-electron chi connectivity index (χ4n) is 2.96. The van der Waals surface area contributed by atoms with Gasteiger partial charge in [0.2, 0.25) is 0 Å². The minimum atomic E-state index is -1.21. The zero-order chi connectivity index (χ0) is 20.8. The van der Waals surface area contributed by atoms with Gasteiger partial charge in [-0.2, -0.15) is 0 Å². The van der Waals surface area contributed by atoms with Crippen molar-refractivity contribution in [2.75, 3.05) is 13.7 Å². The van der Waals surface area contributed by atoms with E-state index < -0.39 is 17.9 Å². The molecule has 1 rings (SSSR count). The molecule has 154 valence electrons. The molecule has 0 aliphatic rings. The van der Waals surface area contributed by atoms with E-state index in [4.69, 9.17) is 14.2 Å². The quantitative estimate of drug-likeness (QED) is 0.494. The molecule has 27 heavy (non-hydrogen) atoms. The van der Waals surface area contributed by atoms with Gasteiger partial charge >= 0.3 is 5.97 Å².